The number of halogens is 1. The number of rotatable bonds is 5. The van der Waals surface area contributed by atoms with Gasteiger partial charge in [-0.1, -0.05) is 37.6 Å². The number of aliphatic imine (C=N–C) groups is 1. The molecular weight excluding hydrogens is 376 g/mol. The molecule has 0 saturated carbocycles. The van der Waals surface area contributed by atoms with Gasteiger partial charge in [0.05, 0.1) is 18.3 Å². The van der Waals surface area contributed by atoms with E-state index in [0.717, 1.165) is 30.7 Å². The van der Waals surface area contributed by atoms with Gasteiger partial charge in [-0.25, -0.2) is 5.01 Å². The second-order valence-corrected chi connectivity index (χ2v) is 7.84. The molecule has 3 rings (SSSR count). The quantitative estimate of drug-likeness (QED) is 0.356. The molecule has 0 aromatic heterocycles. The van der Waals surface area contributed by atoms with E-state index in [1.54, 1.807) is 5.01 Å². The number of carbonyl (C=O) groups is 1. The average Bonchev–Trinajstić information content (AvgIpc) is 3.27. The van der Waals surface area contributed by atoms with Crippen molar-refractivity contribution in [2.45, 2.75) is 39.2 Å². The Balaban J connectivity index is 1.90. The summed E-state index contributed by atoms with van der Waals surface area (Å²) in [5, 5.41) is 18.9. The topological polar surface area (TPSA) is 84.1 Å². The summed E-state index contributed by atoms with van der Waals surface area (Å²) in [6.07, 6.45) is 4.29. The maximum Gasteiger partial charge on any atom is 0.228 e. The van der Waals surface area contributed by atoms with E-state index in [2.05, 4.69) is 24.2 Å². The van der Waals surface area contributed by atoms with Crippen LogP contribution in [0.25, 0.3) is 0 Å². The molecule has 0 bridgehead atoms. The lowest BCUT2D eigenvalue weighted by molar-refractivity contribution is -0.128. The summed E-state index contributed by atoms with van der Waals surface area (Å²) in [4.78, 5) is 18.8. The van der Waals surface area contributed by atoms with Gasteiger partial charge in [-0.05, 0) is 30.9 Å². The lowest BCUT2D eigenvalue weighted by atomic mass is 10.0. The molecular formula is C20H25ClN6O. The fraction of sp³-hybridized carbons (Fsp3) is 0.500. The van der Waals surface area contributed by atoms with E-state index in [4.69, 9.17) is 22.0 Å². The number of guanidine groups is 1. The first-order chi connectivity index (χ1) is 13.5. The molecule has 1 atom stereocenters. The highest BCUT2D eigenvalue weighted by Gasteiger charge is 2.38. The van der Waals surface area contributed by atoms with Crippen LogP contribution in [0.3, 0.4) is 0 Å². The molecule has 148 valence electrons. The molecule has 2 aliphatic heterocycles. The Morgan fingerprint density at radius 2 is 2.18 bits per heavy atom. The molecule has 1 amide bonds. The van der Waals surface area contributed by atoms with Crippen molar-refractivity contribution in [1.29, 1.82) is 5.26 Å². The van der Waals surface area contributed by atoms with Gasteiger partial charge in [0.15, 0.2) is 6.19 Å². The van der Waals surface area contributed by atoms with Crippen LogP contribution >= 0.6 is 11.6 Å². The average molecular weight is 401 g/mol. The van der Waals surface area contributed by atoms with Crippen molar-refractivity contribution >= 4 is 29.2 Å². The second kappa shape index (κ2) is 9.07. The Labute approximate surface area is 170 Å². The summed E-state index contributed by atoms with van der Waals surface area (Å²) in [5.74, 6) is 1.08. The molecule has 2 aliphatic rings. The van der Waals surface area contributed by atoms with E-state index in [0.29, 0.717) is 36.4 Å². The molecule has 8 heteroatoms. The van der Waals surface area contributed by atoms with Gasteiger partial charge >= 0.3 is 0 Å². The molecule has 0 radical (unpaired) electrons. The molecule has 1 aromatic carbocycles. The standard InChI is InChI=1S/C20H25ClN6O/c1-14(2)9-10-23-20(24-13-22)27-12-17(26-11-3-4-18(26)28)19(25-27)15-5-7-16(21)8-6-15/h5-8,14,17H,3-4,9-12H2,1-2H3,(H,23,24). The number of hydrazone groups is 1. The summed E-state index contributed by atoms with van der Waals surface area (Å²) < 4.78 is 0. The molecule has 1 N–H and O–H groups in total. The van der Waals surface area contributed by atoms with Gasteiger partial charge in [-0.15, -0.1) is 0 Å². The van der Waals surface area contributed by atoms with Crippen molar-refractivity contribution in [2.24, 2.45) is 16.0 Å². The minimum absolute atomic E-state index is 0.139. The summed E-state index contributed by atoms with van der Waals surface area (Å²) in [7, 11) is 0. The summed E-state index contributed by atoms with van der Waals surface area (Å²) >= 11 is 6.03. The normalized spacial score (nSPS) is 20.0. The van der Waals surface area contributed by atoms with Crippen LogP contribution in [0, 0.1) is 17.4 Å². The molecule has 0 spiro atoms. The van der Waals surface area contributed by atoms with Crippen molar-refractivity contribution in [2.75, 3.05) is 19.6 Å². The van der Waals surface area contributed by atoms with Crippen LogP contribution in [0.5, 0.6) is 0 Å². The van der Waals surface area contributed by atoms with Crippen LogP contribution in [0.1, 0.15) is 38.7 Å². The van der Waals surface area contributed by atoms with Crippen LogP contribution in [0.2, 0.25) is 5.02 Å². The minimum Gasteiger partial charge on any atom is -0.332 e. The monoisotopic (exact) mass is 400 g/mol. The molecule has 2 heterocycles. The SMILES string of the molecule is CC(C)CCN=C(NC#N)N1CC(N2CCCC2=O)C(c2ccc(Cl)cc2)=N1. The summed E-state index contributed by atoms with van der Waals surface area (Å²) in [6, 6.07) is 7.27. The van der Waals surface area contributed by atoms with E-state index in [9.17, 15) is 4.79 Å². The third-order valence-corrected chi connectivity index (χ3v) is 5.15. The van der Waals surface area contributed by atoms with E-state index >= 15 is 0 Å². The molecule has 1 saturated heterocycles. The number of nitrogens with zero attached hydrogens (tertiary/aromatic N) is 5. The van der Waals surface area contributed by atoms with Crippen LogP contribution in [-0.4, -0.2) is 53.2 Å². The molecule has 1 fully saturated rings. The van der Waals surface area contributed by atoms with Crippen LogP contribution in [-0.2, 0) is 4.79 Å². The smallest absolute Gasteiger partial charge is 0.228 e. The van der Waals surface area contributed by atoms with Gasteiger partial charge in [0.2, 0.25) is 11.9 Å². The number of likely N-dealkylation sites (tertiary alicyclic amines) is 1. The summed E-state index contributed by atoms with van der Waals surface area (Å²) in [6.45, 7) is 6.06. The van der Waals surface area contributed by atoms with Crippen molar-refractivity contribution in [3.05, 3.63) is 34.9 Å². The zero-order valence-corrected chi connectivity index (χ0v) is 17.0. The van der Waals surface area contributed by atoms with Crippen LogP contribution < -0.4 is 5.32 Å². The number of nitrogens with one attached hydrogen (secondary N) is 1. The van der Waals surface area contributed by atoms with E-state index in [-0.39, 0.29) is 11.9 Å². The summed E-state index contributed by atoms with van der Waals surface area (Å²) in [5.41, 5.74) is 1.71. The first-order valence-electron chi connectivity index (χ1n) is 9.60. The van der Waals surface area contributed by atoms with E-state index < -0.39 is 0 Å². The van der Waals surface area contributed by atoms with Gasteiger partial charge in [0.25, 0.3) is 0 Å². The molecule has 0 aliphatic carbocycles. The van der Waals surface area contributed by atoms with Gasteiger partial charge < -0.3 is 4.90 Å². The highest BCUT2D eigenvalue weighted by atomic mass is 35.5. The van der Waals surface area contributed by atoms with Crippen LogP contribution in [0.4, 0.5) is 0 Å². The predicted octanol–water partition coefficient (Wildman–Crippen LogP) is 2.82. The number of amides is 1. The largest absolute Gasteiger partial charge is 0.332 e. The lowest BCUT2D eigenvalue weighted by Gasteiger charge is -2.25. The predicted molar refractivity (Wildman–Crippen MR) is 110 cm³/mol. The Morgan fingerprint density at radius 1 is 1.43 bits per heavy atom. The maximum absolute atomic E-state index is 12.4. The Kier molecular flexibility index (Phi) is 6.53. The van der Waals surface area contributed by atoms with Crippen molar-refractivity contribution in [1.82, 2.24) is 15.2 Å². The number of nitriles is 1. The zero-order valence-electron chi connectivity index (χ0n) is 16.2. The number of hydrogen-bond acceptors (Lipinski definition) is 4. The molecule has 1 unspecified atom stereocenters. The lowest BCUT2D eigenvalue weighted by Crippen LogP contribution is -2.45. The highest BCUT2D eigenvalue weighted by Crippen LogP contribution is 2.24. The third-order valence-electron chi connectivity index (χ3n) is 4.90. The number of carbonyl (C=O) groups excluding carboxylic acids is 1. The first kappa shape index (κ1) is 20.2. The third kappa shape index (κ3) is 4.63. The van der Waals surface area contributed by atoms with Gasteiger partial charge in [0, 0.05) is 30.1 Å². The molecule has 28 heavy (non-hydrogen) atoms. The number of benzene rings is 1. The van der Waals surface area contributed by atoms with Crippen molar-refractivity contribution in [3.8, 4) is 6.19 Å². The van der Waals surface area contributed by atoms with Gasteiger partial charge in [0.1, 0.15) is 0 Å². The molecule has 7 nitrogen and oxygen atoms in total. The molecule has 1 aromatic rings. The Bertz CT molecular complexity index is 811. The maximum atomic E-state index is 12.4. The zero-order chi connectivity index (χ0) is 20.1. The van der Waals surface area contributed by atoms with Crippen LogP contribution in [0.15, 0.2) is 34.4 Å². The van der Waals surface area contributed by atoms with E-state index in [1.807, 2.05) is 35.4 Å². The first-order valence-corrected chi connectivity index (χ1v) is 9.98. The van der Waals surface area contributed by atoms with E-state index in [1.165, 1.54) is 0 Å². The van der Waals surface area contributed by atoms with Crippen molar-refractivity contribution in [3.63, 3.8) is 0 Å². The second-order valence-electron chi connectivity index (χ2n) is 7.41. The van der Waals surface area contributed by atoms with Gasteiger partial charge in [-0.3, -0.25) is 15.1 Å². The Morgan fingerprint density at radius 3 is 2.79 bits per heavy atom. The van der Waals surface area contributed by atoms with Gasteiger partial charge in [-0.2, -0.15) is 10.4 Å². The highest BCUT2D eigenvalue weighted by molar-refractivity contribution is 6.30. The Hall–Kier alpha value is -2.59. The van der Waals surface area contributed by atoms with Crippen molar-refractivity contribution < 1.29 is 4.79 Å². The minimum atomic E-state index is -0.174. The number of hydrogen-bond donors (Lipinski definition) is 1. The fourth-order valence-corrected chi connectivity index (χ4v) is 3.53. The fourth-order valence-electron chi connectivity index (χ4n) is 3.40.